The van der Waals surface area contributed by atoms with Crippen LogP contribution in [-0.2, 0) is 5.41 Å². The summed E-state index contributed by atoms with van der Waals surface area (Å²) in [5, 5.41) is 2.44. The molecule has 0 aliphatic heterocycles. The summed E-state index contributed by atoms with van der Waals surface area (Å²) in [4.78, 5) is 2.52. The van der Waals surface area contributed by atoms with Gasteiger partial charge in [-0.15, -0.1) is 0 Å². The van der Waals surface area contributed by atoms with Crippen molar-refractivity contribution in [2.45, 2.75) is 5.41 Å². The highest BCUT2D eigenvalue weighted by atomic mass is 15.1. The number of nitrogens with zero attached hydrogens (tertiary/aromatic N) is 2. The molecule has 13 rings (SSSR count). The molecule has 69 heavy (non-hydrogen) atoms. The van der Waals surface area contributed by atoms with Gasteiger partial charge in [-0.1, -0.05) is 231 Å². The number of fused-ring (bicyclic) bond motifs is 6. The van der Waals surface area contributed by atoms with Gasteiger partial charge in [0.2, 0.25) is 0 Å². The van der Waals surface area contributed by atoms with Crippen LogP contribution in [0.4, 0.5) is 17.1 Å². The van der Waals surface area contributed by atoms with Gasteiger partial charge in [-0.2, -0.15) is 0 Å². The maximum atomic E-state index is 2.52. The minimum absolute atomic E-state index is 0.514. The molecule has 0 saturated carbocycles. The highest BCUT2D eigenvalue weighted by Gasteiger charge is 2.46. The van der Waals surface area contributed by atoms with Crippen LogP contribution in [-0.4, -0.2) is 4.57 Å². The Hall–Kier alpha value is -8.98. The molecule has 0 radical (unpaired) electrons. The highest BCUT2D eigenvalue weighted by Crippen LogP contribution is 2.58. The van der Waals surface area contributed by atoms with Gasteiger partial charge in [-0.3, -0.25) is 0 Å². The number of anilines is 3. The molecule has 11 aromatic carbocycles. The smallest absolute Gasteiger partial charge is 0.0713 e. The molecule has 1 aliphatic rings. The topological polar surface area (TPSA) is 8.17 Å². The predicted molar refractivity (Wildman–Crippen MR) is 289 cm³/mol. The van der Waals surface area contributed by atoms with E-state index in [9.17, 15) is 0 Å². The molecule has 0 spiro atoms. The van der Waals surface area contributed by atoms with E-state index in [2.05, 4.69) is 289 Å². The SMILES string of the molecule is c1ccc(-c2ccccc2-c2c(-c3ccccc3)cccc2N(c2ccc3c(c2)-c2ccccc2C3(c2ccccc2)c2ccccc2)c2ccc3c4ccccc4n(-c4ccccc4)c3c2)cc1. The predicted octanol–water partition coefficient (Wildman–Crippen LogP) is 17.6. The van der Waals surface area contributed by atoms with Crippen molar-refractivity contribution in [2.75, 3.05) is 4.90 Å². The van der Waals surface area contributed by atoms with Crippen LogP contribution in [0.2, 0.25) is 0 Å². The summed E-state index contributed by atoms with van der Waals surface area (Å²) in [6.07, 6.45) is 0. The summed E-state index contributed by atoms with van der Waals surface area (Å²) < 4.78 is 2.42. The fourth-order valence-corrected chi connectivity index (χ4v) is 11.4. The molecular weight excluding hydrogens is 833 g/mol. The molecule has 1 heterocycles. The van der Waals surface area contributed by atoms with E-state index < -0.39 is 5.41 Å². The Bertz CT molecular complexity index is 3780. The van der Waals surface area contributed by atoms with Crippen LogP contribution in [0.3, 0.4) is 0 Å². The molecule has 0 amide bonds. The number of rotatable bonds is 9. The van der Waals surface area contributed by atoms with E-state index in [4.69, 9.17) is 0 Å². The van der Waals surface area contributed by atoms with E-state index in [1.807, 2.05) is 0 Å². The van der Waals surface area contributed by atoms with E-state index in [1.54, 1.807) is 0 Å². The minimum Gasteiger partial charge on any atom is -0.310 e. The molecule has 2 heteroatoms. The second-order valence-electron chi connectivity index (χ2n) is 18.0. The van der Waals surface area contributed by atoms with Crippen molar-refractivity contribution >= 4 is 38.9 Å². The van der Waals surface area contributed by atoms with Crippen molar-refractivity contribution in [1.29, 1.82) is 0 Å². The molecule has 1 aliphatic carbocycles. The second-order valence-corrected chi connectivity index (χ2v) is 18.0. The summed E-state index contributed by atoms with van der Waals surface area (Å²) in [5.41, 5.74) is 20.7. The highest BCUT2D eigenvalue weighted by molar-refractivity contribution is 6.11. The van der Waals surface area contributed by atoms with Gasteiger partial charge in [0.25, 0.3) is 0 Å². The van der Waals surface area contributed by atoms with Crippen molar-refractivity contribution in [1.82, 2.24) is 4.57 Å². The lowest BCUT2D eigenvalue weighted by atomic mass is 9.68. The molecule has 0 unspecified atom stereocenters. The average Bonchev–Trinajstić information content (AvgIpc) is 3.92. The molecular formula is C67H46N2. The molecule has 324 valence electrons. The first-order valence-corrected chi connectivity index (χ1v) is 23.8. The van der Waals surface area contributed by atoms with E-state index in [0.717, 1.165) is 39.4 Å². The Labute approximate surface area is 403 Å². The molecule has 0 fully saturated rings. The first-order chi connectivity index (χ1) is 34.3. The van der Waals surface area contributed by atoms with E-state index in [1.165, 1.54) is 71.9 Å². The van der Waals surface area contributed by atoms with Gasteiger partial charge >= 0.3 is 0 Å². The first-order valence-electron chi connectivity index (χ1n) is 23.8. The van der Waals surface area contributed by atoms with Crippen molar-refractivity contribution in [3.05, 3.63) is 301 Å². The van der Waals surface area contributed by atoms with Crippen molar-refractivity contribution in [2.24, 2.45) is 0 Å². The summed E-state index contributed by atoms with van der Waals surface area (Å²) in [5.74, 6) is 0. The molecule has 2 nitrogen and oxygen atoms in total. The van der Waals surface area contributed by atoms with Crippen LogP contribution in [0.15, 0.2) is 279 Å². The number of para-hydroxylation sites is 2. The van der Waals surface area contributed by atoms with Crippen LogP contribution in [0.25, 0.3) is 72.0 Å². The number of aromatic nitrogens is 1. The maximum Gasteiger partial charge on any atom is 0.0713 e. The standard InChI is InChI=1S/C67H46N2/c1-6-23-47(24-7-1)54-33-16-17-36-59(54)66-55(48-25-8-2-9-26-48)37-22-40-64(66)68(53-41-43-58-57-35-19-21-39-63(57)69(65(58)46-53)51-31-14-5-15-32-51)52-42-44-62-60(45-52)56-34-18-20-38-61(56)67(62,49-27-10-3-11-28-49)50-29-12-4-13-30-50/h1-46H. The number of benzene rings is 11. The van der Waals surface area contributed by atoms with Gasteiger partial charge in [-0.25, -0.2) is 0 Å². The summed E-state index contributed by atoms with van der Waals surface area (Å²) in [6, 6.07) is 102. The van der Waals surface area contributed by atoms with Gasteiger partial charge in [0.05, 0.1) is 22.1 Å². The zero-order valence-corrected chi connectivity index (χ0v) is 38.0. The average molecular weight is 879 g/mol. The van der Waals surface area contributed by atoms with Crippen LogP contribution in [0.5, 0.6) is 0 Å². The lowest BCUT2D eigenvalue weighted by molar-refractivity contribution is 0.768. The molecule has 12 aromatic rings. The lowest BCUT2D eigenvalue weighted by Crippen LogP contribution is -2.28. The zero-order chi connectivity index (χ0) is 45.7. The summed E-state index contributed by atoms with van der Waals surface area (Å²) >= 11 is 0. The molecule has 1 aromatic heterocycles. The van der Waals surface area contributed by atoms with E-state index in [0.29, 0.717) is 0 Å². The third-order valence-corrected chi connectivity index (χ3v) is 14.3. The van der Waals surface area contributed by atoms with Gasteiger partial charge < -0.3 is 9.47 Å². The fourth-order valence-electron chi connectivity index (χ4n) is 11.4. The Morgan fingerprint density at radius 1 is 0.304 bits per heavy atom. The minimum atomic E-state index is -0.514. The Balaban J connectivity index is 1.14. The van der Waals surface area contributed by atoms with Gasteiger partial charge in [0, 0.05) is 33.4 Å². The lowest BCUT2D eigenvalue weighted by Gasteiger charge is -2.34. The largest absolute Gasteiger partial charge is 0.310 e. The van der Waals surface area contributed by atoms with E-state index in [-0.39, 0.29) is 0 Å². The van der Waals surface area contributed by atoms with Gasteiger partial charge in [0.15, 0.2) is 0 Å². The van der Waals surface area contributed by atoms with Crippen LogP contribution >= 0.6 is 0 Å². The molecule has 0 N–H and O–H groups in total. The summed E-state index contributed by atoms with van der Waals surface area (Å²) in [6.45, 7) is 0. The molecule has 0 saturated heterocycles. The fraction of sp³-hybridized carbons (Fsp3) is 0.0149. The van der Waals surface area contributed by atoms with Crippen LogP contribution < -0.4 is 4.90 Å². The molecule has 0 atom stereocenters. The first kappa shape index (κ1) is 40.3. The van der Waals surface area contributed by atoms with Crippen molar-refractivity contribution in [3.8, 4) is 50.2 Å². The number of hydrogen-bond donors (Lipinski definition) is 0. The Morgan fingerprint density at radius 2 is 0.797 bits per heavy atom. The Morgan fingerprint density at radius 3 is 1.49 bits per heavy atom. The second kappa shape index (κ2) is 16.7. The van der Waals surface area contributed by atoms with Crippen LogP contribution in [0, 0.1) is 0 Å². The van der Waals surface area contributed by atoms with Gasteiger partial charge in [-0.05, 0) is 110 Å². The third kappa shape index (κ3) is 6.48. The summed E-state index contributed by atoms with van der Waals surface area (Å²) in [7, 11) is 0. The monoisotopic (exact) mass is 878 g/mol. The zero-order valence-electron chi connectivity index (χ0n) is 38.0. The van der Waals surface area contributed by atoms with Gasteiger partial charge in [0.1, 0.15) is 0 Å². The maximum absolute atomic E-state index is 2.52. The van der Waals surface area contributed by atoms with Crippen LogP contribution in [0.1, 0.15) is 22.3 Å². The quantitative estimate of drug-likeness (QED) is 0.140. The number of hydrogen-bond acceptors (Lipinski definition) is 1. The van der Waals surface area contributed by atoms with E-state index >= 15 is 0 Å². The van der Waals surface area contributed by atoms with Crippen molar-refractivity contribution in [3.63, 3.8) is 0 Å². The molecule has 0 bridgehead atoms. The Kier molecular flexibility index (Phi) is 9.77. The normalized spacial score (nSPS) is 12.5. The third-order valence-electron chi connectivity index (χ3n) is 14.3. The van der Waals surface area contributed by atoms with Crippen molar-refractivity contribution < 1.29 is 0 Å².